The van der Waals surface area contributed by atoms with Gasteiger partial charge in [-0.1, -0.05) is 6.92 Å². The molecule has 30 heavy (non-hydrogen) atoms. The number of nitrogens with zero attached hydrogens (tertiary/aromatic N) is 3. The summed E-state index contributed by atoms with van der Waals surface area (Å²) in [5, 5.41) is 0. The molecular weight excluding hydrogens is 388 g/mol. The van der Waals surface area contributed by atoms with Crippen molar-refractivity contribution >= 4 is 17.3 Å². The van der Waals surface area contributed by atoms with Crippen molar-refractivity contribution in [1.82, 2.24) is 9.13 Å². The molecule has 1 aromatic carbocycles. The highest BCUT2D eigenvalue weighted by Crippen LogP contribution is 2.22. The van der Waals surface area contributed by atoms with Crippen LogP contribution in [0.4, 0.5) is 11.5 Å². The molecule has 1 aliphatic heterocycles. The van der Waals surface area contributed by atoms with Crippen LogP contribution in [0.2, 0.25) is 0 Å². The van der Waals surface area contributed by atoms with E-state index in [9.17, 15) is 14.4 Å². The lowest BCUT2D eigenvalue weighted by Gasteiger charge is -2.30. The van der Waals surface area contributed by atoms with E-state index in [1.165, 1.54) is 23.2 Å². The minimum atomic E-state index is -0.480. The Hall–Kier alpha value is -3.07. The van der Waals surface area contributed by atoms with E-state index in [4.69, 9.17) is 15.2 Å². The number of morpholine rings is 1. The molecule has 1 saturated heterocycles. The Morgan fingerprint density at radius 1 is 1.20 bits per heavy atom. The number of anilines is 2. The molecule has 3 rings (SSSR count). The fraction of sp³-hybridized carbons (Fsp3) is 0.476. The van der Waals surface area contributed by atoms with Crippen LogP contribution in [-0.4, -0.2) is 48.3 Å². The van der Waals surface area contributed by atoms with Gasteiger partial charge in [-0.05, 0) is 31.5 Å². The third kappa shape index (κ3) is 4.11. The summed E-state index contributed by atoms with van der Waals surface area (Å²) in [6, 6.07) is 4.98. The number of carbonyl (C=O) groups excluding carboxylic acids is 1. The zero-order valence-electron chi connectivity index (χ0n) is 17.6. The standard InChI is InChI=1S/C21H28N4O5/c1-4-7-24-19(22)18(23-8-10-30-11-9-23)20(27)25(21(24)28)13-16-12-15(14(2)26)5-6-17(16)29-3/h5-6,12H,4,7-11,13,22H2,1-3H3. The van der Waals surface area contributed by atoms with Crippen molar-refractivity contribution in [3.63, 3.8) is 0 Å². The van der Waals surface area contributed by atoms with Crippen molar-refractivity contribution in [2.24, 2.45) is 0 Å². The molecule has 0 unspecified atom stereocenters. The summed E-state index contributed by atoms with van der Waals surface area (Å²) in [4.78, 5) is 40.2. The molecule has 0 radical (unpaired) electrons. The molecule has 0 bridgehead atoms. The first-order valence-electron chi connectivity index (χ1n) is 10.0. The van der Waals surface area contributed by atoms with Crippen molar-refractivity contribution in [1.29, 1.82) is 0 Å². The summed E-state index contributed by atoms with van der Waals surface area (Å²) in [6.45, 7) is 5.79. The molecule has 1 aliphatic rings. The van der Waals surface area contributed by atoms with Gasteiger partial charge in [-0.2, -0.15) is 0 Å². The molecule has 2 N–H and O–H groups in total. The van der Waals surface area contributed by atoms with Gasteiger partial charge in [0.2, 0.25) is 0 Å². The second kappa shape index (κ2) is 9.17. The first-order valence-corrected chi connectivity index (χ1v) is 10.0. The lowest BCUT2D eigenvalue weighted by Crippen LogP contribution is -2.47. The first kappa shape index (κ1) is 21.6. The van der Waals surface area contributed by atoms with Gasteiger partial charge in [0.25, 0.3) is 5.56 Å². The minimum Gasteiger partial charge on any atom is -0.496 e. The lowest BCUT2D eigenvalue weighted by atomic mass is 10.1. The lowest BCUT2D eigenvalue weighted by molar-refractivity contribution is 0.101. The molecule has 9 heteroatoms. The van der Waals surface area contributed by atoms with Crippen LogP contribution in [0.15, 0.2) is 27.8 Å². The molecule has 162 valence electrons. The Bertz CT molecular complexity index is 1050. The van der Waals surface area contributed by atoms with Crippen LogP contribution in [-0.2, 0) is 17.8 Å². The summed E-state index contributed by atoms with van der Waals surface area (Å²) in [6.07, 6.45) is 0.688. The molecule has 9 nitrogen and oxygen atoms in total. The van der Waals surface area contributed by atoms with E-state index in [2.05, 4.69) is 0 Å². The third-order valence-corrected chi connectivity index (χ3v) is 5.23. The maximum absolute atomic E-state index is 13.4. The fourth-order valence-corrected chi connectivity index (χ4v) is 3.66. The smallest absolute Gasteiger partial charge is 0.332 e. The van der Waals surface area contributed by atoms with Crippen LogP contribution in [0.3, 0.4) is 0 Å². The number of Topliss-reactive ketones (excluding diaryl/α,β-unsaturated/α-hetero) is 1. The summed E-state index contributed by atoms with van der Waals surface area (Å²) in [7, 11) is 1.51. The Kier molecular flexibility index (Phi) is 6.61. The van der Waals surface area contributed by atoms with E-state index in [1.54, 1.807) is 18.2 Å². The Morgan fingerprint density at radius 2 is 1.90 bits per heavy atom. The van der Waals surface area contributed by atoms with Crippen LogP contribution in [0.1, 0.15) is 36.2 Å². The molecule has 1 fully saturated rings. The highest BCUT2D eigenvalue weighted by molar-refractivity contribution is 5.94. The first-order chi connectivity index (χ1) is 14.4. The largest absolute Gasteiger partial charge is 0.496 e. The second-order valence-electron chi connectivity index (χ2n) is 7.24. The Morgan fingerprint density at radius 3 is 2.50 bits per heavy atom. The molecule has 0 aliphatic carbocycles. The number of hydrogen-bond acceptors (Lipinski definition) is 7. The number of nitrogen functional groups attached to an aromatic ring is 1. The van der Waals surface area contributed by atoms with Crippen molar-refractivity contribution < 1.29 is 14.3 Å². The van der Waals surface area contributed by atoms with E-state index >= 15 is 0 Å². The van der Waals surface area contributed by atoms with Gasteiger partial charge in [0, 0.05) is 30.8 Å². The van der Waals surface area contributed by atoms with Gasteiger partial charge in [-0.25, -0.2) is 4.79 Å². The van der Waals surface area contributed by atoms with Crippen LogP contribution >= 0.6 is 0 Å². The molecule has 0 atom stereocenters. The number of hydrogen-bond donors (Lipinski definition) is 1. The molecule has 0 amide bonds. The van der Waals surface area contributed by atoms with Crippen LogP contribution < -0.4 is 26.6 Å². The summed E-state index contributed by atoms with van der Waals surface area (Å²) >= 11 is 0. The quantitative estimate of drug-likeness (QED) is 0.673. The molecule has 2 aromatic rings. The zero-order chi connectivity index (χ0) is 21.8. The highest BCUT2D eigenvalue weighted by Gasteiger charge is 2.24. The number of nitrogens with two attached hydrogens (primary N) is 1. The highest BCUT2D eigenvalue weighted by atomic mass is 16.5. The number of ether oxygens (including phenoxy) is 2. The average molecular weight is 416 g/mol. The number of ketones is 1. The van der Waals surface area contributed by atoms with Crippen molar-refractivity contribution in [2.75, 3.05) is 44.0 Å². The maximum Gasteiger partial charge on any atom is 0.332 e. The number of aromatic nitrogens is 2. The summed E-state index contributed by atoms with van der Waals surface area (Å²) in [5.41, 5.74) is 6.72. The van der Waals surface area contributed by atoms with Crippen LogP contribution in [0.25, 0.3) is 0 Å². The number of rotatable bonds is 7. The zero-order valence-corrected chi connectivity index (χ0v) is 17.6. The van der Waals surface area contributed by atoms with Gasteiger partial charge in [0.15, 0.2) is 5.78 Å². The third-order valence-electron chi connectivity index (χ3n) is 5.23. The molecule has 0 spiro atoms. The van der Waals surface area contributed by atoms with Gasteiger partial charge in [0.1, 0.15) is 17.3 Å². The van der Waals surface area contributed by atoms with E-state index in [1.807, 2.05) is 11.8 Å². The average Bonchev–Trinajstić information content (AvgIpc) is 2.75. The predicted molar refractivity (Wildman–Crippen MR) is 115 cm³/mol. The second-order valence-corrected chi connectivity index (χ2v) is 7.24. The number of benzene rings is 1. The predicted octanol–water partition coefficient (Wildman–Crippen LogP) is 1.10. The fourth-order valence-electron chi connectivity index (χ4n) is 3.66. The summed E-state index contributed by atoms with van der Waals surface area (Å²) < 4.78 is 13.4. The molecular formula is C21H28N4O5. The monoisotopic (exact) mass is 416 g/mol. The Balaban J connectivity index is 2.18. The Labute approximate surface area is 174 Å². The minimum absolute atomic E-state index is 0.0245. The normalized spacial score (nSPS) is 14.0. The molecule has 1 aromatic heterocycles. The summed E-state index contributed by atoms with van der Waals surface area (Å²) in [5.74, 6) is 0.563. The van der Waals surface area contributed by atoms with Gasteiger partial charge in [-0.3, -0.25) is 18.7 Å². The van der Waals surface area contributed by atoms with Gasteiger partial charge < -0.3 is 20.1 Å². The molecule has 2 heterocycles. The molecule has 0 saturated carbocycles. The van der Waals surface area contributed by atoms with Gasteiger partial charge >= 0.3 is 5.69 Å². The van der Waals surface area contributed by atoms with Gasteiger partial charge in [0.05, 0.1) is 26.9 Å². The van der Waals surface area contributed by atoms with Crippen molar-refractivity contribution in [3.05, 3.63) is 50.2 Å². The van der Waals surface area contributed by atoms with Crippen LogP contribution in [0, 0.1) is 0 Å². The van der Waals surface area contributed by atoms with E-state index in [0.717, 1.165) is 0 Å². The number of carbonyl (C=O) groups is 1. The maximum atomic E-state index is 13.4. The van der Waals surface area contributed by atoms with E-state index < -0.39 is 11.2 Å². The van der Waals surface area contributed by atoms with Crippen molar-refractivity contribution in [2.45, 2.75) is 33.4 Å². The SMILES string of the molecule is CCCn1c(N)c(N2CCOCC2)c(=O)n(Cc2cc(C(C)=O)ccc2OC)c1=O. The van der Waals surface area contributed by atoms with Gasteiger partial charge in [-0.15, -0.1) is 0 Å². The van der Waals surface area contributed by atoms with E-state index in [0.29, 0.717) is 61.8 Å². The van der Waals surface area contributed by atoms with Crippen LogP contribution in [0.5, 0.6) is 5.75 Å². The topological polar surface area (TPSA) is 109 Å². The van der Waals surface area contributed by atoms with Crippen molar-refractivity contribution in [3.8, 4) is 5.75 Å². The van der Waals surface area contributed by atoms with E-state index in [-0.39, 0.29) is 18.1 Å². The number of methoxy groups -OCH3 is 1.